The fraction of sp³-hybridized carbons (Fsp3) is 1.00. The number of hydrogen-bond donors (Lipinski definition) is 0. The van der Waals surface area contributed by atoms with Crippen LogP contribution < -0.4 is 17.0 Å². The van der Waals surface area contributed by atoms with Gasteiger partial charge in [-0.1, -0.05) is 0 Å². The van der Waals surface area contributed by atoms with Gasteiger partial charge in [0.1, 0.15) is 0 Å². The quantitative estimate of drug-likeness (QED) is 0.0897. The predicted octanol–water partition coefficient (Wildman–Crippen LogP) is 7.75. The summed E-state index contributed by atoms with van der Waals surface area (Å²) in [5.41, 5.74) is 0. The Labute approximate surface area is 283 Å². The van der Waals surface area contributed by atoms with Crippen molar-refractivity contribution < 1.29 is 166 Å². The zero-order chi connectivity index (χ0) is 44.5. The third-order valence-corrected chi connectivity index (χ3v) is 6.70. The van der Waals surface area contributed by atoms with E-state index >= 15 is 0 Å². The molecule has 0 atom stereocenters. The number of halogens is 34. The van der Waals surface area contributed by atoms with Gasteiger partial charge in [-0.05, 0) is 0 Å². The Morgan fingerprint density at radius 1 is 0.204 bits per heavy atom. The number of alkyl halides is 33. The molecule has 0 aromatic carbocycles. The molecular weight excluding hydrogens is 949 g/mol. The Kier molecular flexibility index (Phi) is 12.9. The minimum Gasteiger partial charge on any atom is -1.00 e. The molecule has 328 valence electrons. The molecule has 0 fully saturated rings. The highest BCUT2D eigenvalue weighted by molar-refractivity contribution is 5.22. The molecule has 0 amide bonds. The molecule has 0 spiro atoms. The summed E-state index contributed by atoms with van der Waals surface area (Å²) in [6.45, 7) is 0. The van der Waals surface area contributed by atoms with Gasteiger partial charge < -0.3 is 17.0 Å². The number of nitrogens with zero attached hydrogens (tertiary/aromatic N) is 1. The van der Waals surface area contributed by atoms with Gasteiger partial charge in [0, 0.05) is 0 Å². The van der Waals surface area contributed by atoms with Crippen LogP contribution in [0.25, 0.3) is 0 Å². The van der Waals surface area contributed by atoms with Crippen molar-refractivity contribution in [1.82, 2.24) is 0 Å². The van der Waals surface area contributed by atoms with E-state index in [1.165, 1.54) is 0 Å². The van der Waals surface area contributed by atoms with Gasteiger partial charge in [-0.2, -0.15) is 136 Å². The van der Waals surface area contributed by atoms with Crippen LogP contribution in [-0.2, 0) is 0 Å². The van der Waals surface area contributed by atoms with Crippen LogP contribution in [0.15, 0.2) is 0 Å². The number of rotatable bonds is 15. The summed E-state index contributed by atoms with van der Waals surface area (Å²) in [4.78, 5) is 0. The summed E-state index contributed by atoms with van der Waals surface area (Å²) in [6, 6.07) is -7.02. The summed E-state index contributed by atoms with van der Waals surface area (Å²) in [5.74, 6) is -135. The molecule has 0 aliphatic rings. The molecule has 0 saturated heterocycles. The normalized spacial score (nSPS) is 17.1. The molecule has 1 nitrogen and oxygen atoms in total. The second-order valence-corrected chi connectivity index (χ2v) is 11.1. The molecule has 0 aromatic rings. The van der Waals surface area contributed by atoms with E-state index in [2.05, 4.69) is 0 Å². The zero-order valence-electron chi connectivity index (χ0n) is 24.3. The maximum Gasteiger partial charge on any atom is 0.461 e. The van der Waals surface area contributed by atoms with Crippen molar-refractivity contribution in [2.24, 2.45) is 0 Å². The molecule has 0 aliphatic carbocycles. The maximum atomic E-state index is 13.9. The first kappa shape index (κ1) is 54.2. The highest BCUT2D eigenvalue weighted by Gasteiger charge is 3.02. The molecule has 0 saturated carbocycles. The molecule has 0 bridgehead atoms. The monoisotopic (exact) mass is 957 g/mol. The van der Waals surface area contributed by atoms with E-state index in [0.29, 0.717) is 0 Å². The summed E-state index contributed by atoms with van der Waals surface area (Å²) in [6.07, 6.45) is -8.38. The van der Waals surface area contributed by atoms with Crippen molar-refractivity contribution in [3.63, 3.8) is 0 Å². The zero-order valence-corrected chi connectivity index (χ0v) is 25.9. The van der Waals surface area contributed by atoms with Crippen molar-refractivity contribution >= 4 is 0 Å². The summed E-state index contributed by atoms with van der Waals surface area (Å²) in [7, 11) is -1.28. The van der Waals surface area contributed by atoms with E-state index in [1.54, 1.807) is 0 Å². The lowest BCUT2D eigenvalue weighted by Crippen LogP contribution is -3.00. The molecule has 0 aliphatic heterocycles. The smallest absolute Gasteiger partial charge is 0.461 e. The van der Waals surface area contributed by atoms with Gasteiger partial charge in [0.15, 0.2) is 0 Å². The van der Waals surface area contributed by atoms with Crippen LogP contribution in [0.3, 0.4) is 0 Å². The van der Waals surface area contributed by atoms with E-state index in [0.717, 1.165) is 0 Å². The van der Waals surface area contributed by atoms with Gasteiger partial charge in [-0.3, -0.25) is 4.48 Å². The predicted molar refractivity (Wildman–Crippen MR) is 98.3 cm³/mol. The lowest BCUT2D eigenvalue weighted by molar-refractivity contribution is -0.975. The number of quaternary nitrogens is 1. The average Bonchev–Trinajstić information content (AvgIpc) is 2.89. The third-order valence-electron chi connectivity index (χ3n) is 6.70. The Bertz CT molecular complexity index is 1250. The van der Waals surface area contributed by atoms with Crippen LogP contribution >= 0.6 is 0 Å². The van der Waals surface area contributed by atoms with Crippen molar-refractivity contribution in [3.05, 3.63) is 0 Å². The first-order valence-electron chi connectivity index (χ1n) is 11.6. The average molecular weight is 958 g/mol. The summed E-state index contributed by atoms with van der Waals surface area (Å²) in [5, 5.41) is 0. The fourth-order valence-corrected chi connectivity index (χ4v) is 3.15. The first-order chi connectivity index (χ1) is 22.0. The first-order valence-corrected chi connectivity index (χ1v) is 11.6. The standard InChI is InChI=1S/C19H9F33N.BrH/c1-53(2,3)19(51,52)17(46,47)15(42,43)13(38,39)11(34,35)9(30,31)7(26,27)5(22,23)4(20,21)6(24,25)8(28,29)10(32,33)12(36,37)14(40,41)16(44,45)18(48,49)50;/h1-3H3;1H/q+1;/p-1. The SMILES string of the molecule is C[N+](C)(C)C(F)(F)C(F)(F)C(F)(F)C(F)(F)C(F)(F)C(F)(F)C(F)(F)C(F)(F)C(F)(F)C(F)(F)C(F)(F)C(F)(F)C(F)(F)C(F)(F)C(F)(F)C(F)(F)F.[Br-]. The van der Waals surface area contributed by atoms with Gasteiger partial charge >= 0.3 is 95.1 Å². The van der Waals surface area contributed by atoms with Crippen LogP contribution in [-0.4, -0.2) is 121 Å². The van der Waals surface area contributed by atoms with Crippen molar-refractivity contribution in [3.8, 4) is 0 Å². The molecule has 54 heavy (non-hydrogen) atoms. The van der Waals surface area contributed by atoms with Crippen LogP contribution in [0.4, 0.5) is 145 Å². The van der Waals surface area contributed by atoms with Crippen molar-refractivity contribution in [2.45, 2.75) is 95.1 Å². The second kappa shape index (κ2) is 12.8. The van der Waals surface area contributed by atoms with Gasteiger partial charge in [-0.15, -0.1) is 8.78 Å². The van der Waals surface area contributed by atoms with E-state index in [4.69, 9.17) is 0 Å². The number of hydrogen-bond acceptors (Lipinski definition) is 0. The lowest BCUT2D eigenvalue weighted by atomic mass is 9.83. The van der Waals surface area contributed by atoms with E-state index in [9.17, 15) is 145 Å². The molecule has 0 unspecified atom stereocenters. The molecule has 0 rings (SSSR count). The van der Waals surface area contributed by atoms with E-state index in [-0.39, 0.29) is 17.0 Å². The Morgan fingerprint density at radius 3 is 0.426 bits per heavy atom. The summed E-state index contributed by atoms with van der Waals surface area (Å²) >= 11 is 0. The third kappa shape index (κ3) is 5.99. The van der Waals surface area contributed by atoms with Crippen LogP contribution in [0.5, 0.6) is 0 Å². The minimum absolute atomic E-state index is 0. The Hall–Kier alpha value is -1.87. The Balaban J connectivity index is 0. The van der Waals surface area contributed by atoms with Crippen LogP contribution in [0.2, 0.25) is 0 Å². The van der Waals surface area contributed by atoms with E-state index < -0.39 is 121 Å². The topological polar surface area (TPSA) is 0 Å². The second-order valence-electron chi connectivity index (χ2n) is 11.1. The molecule has 0 N–H and O–H groups in total. The van der Waals surface area contributed by atoms with Gasteiger partial charge in [0.2, 0.25) is 0 Å². The van der Waals surface area contributed by atoms with Gasteiger partial charge in [0.25, 0.3) is 0 Å². The van der Waals surface area contributed by atoms with E-state index in [1.807, 2.05) is 0 Å². The minimum atomic E-state index is -10.2. The molecular formula is C19H9BrF33N. The molecule has 0 aromatic heterocycles. The van der Waals surface area contributed by atoms with Crippen LogP contribution in [0, 0.1) is 0 Å². The largest absolute Gasteiger partial charge is 1.00 e. The summed E-state index contributed by atoms with van der Waals surface area (Å²) < 4.78 is 443. The van der Waals surface area contributed by atoms with Gasteiger partial charge in [0.05, 0.1) is 21.1 Å². The lowest BCUT2D eigenvalue weighted by Gasteiger charge is -2.47. The van der Waals surface area contributed by atoms with Crippen molar-refractivity contribution in [2.75, 3.05) is 21.1 Å². The highest BCUT2D eigenvalue weighted by Crippen LogP contribution is 2.70. The molecule has 0 heterocycles. The Morgan fingerprint density at radius 2 is 0.315 bits per heavy atom. The fourth-order valence-electron chi connectivity index (χ4n) is 3.15. The molecule has 0 radical (unpaired) electrons. The van der Waals surface area contributed by atoms with Crippen LogP contribution in [0.1, 0.15) is 0 Å². The van der Waals surface area contributed by atoms with Crippen molar-refractivity contribution in [1.29, 1.82) is 0 Å². The highest BCUT2D eigenvalue weighted by atomic mass is 79.9. The van der Waals surface area contributed by atoms with Gasteiger partial charge in [-0.25, -0.2) is 0 Å². The maximum absolute atomic E-state index is 13.9. The molecule has 35 heteroatoms.